The fourth-order valence-corrected chi connectivity index (χ4v) is 4.15. The van der Waals surface area contributed by atoms with Gasteiger partial charge in [-0.05, 0) is 36.2 Å². The molecule has 0 saturated carbocycles. The van der Waals surface area contributed by atoms with E-state index in [0.29, 0.717) is 28.5 Å². The molecule has 5 rings (SSSR count). The molecule has 7 heteroatoms. The van der Waals surface area contributed by atoms with Crippen molar-refractivity contribution in [1.29, 1.82) is 0 Å². The van der Waals surface area contributed by atoms with Gasteiger partial charge in [0.1, 0.15) is 12.3 Å². The molecule has 0 aliphatic rings. The van der Waals surface area contributed by atoms with Crippen molar-refractivity contribution in [3.8, 4) is 11.1 Å². The van der Waals surface area contributed by atoms with E-state index in [1.807, 2.05) is 79.7 Å². The first-order chi connectivity index (χ1) is 16.6. The second-order valence-corrected chi connectivity index (χ2v) is 8.38. The standard InChI is InChI=1S/C27H21ClN4O2/c1-18-25(26(20-10-6-3-7-11-20)23-14-21(28)12-13-24(23)29-18)27(33)34-17-22-16-32(31-30-22)15-19-8-4-2-5-9-19/h2-14,16H,15,17H2,1H3. The average molecular weight is 469 g/mol. The van der Waals surface area contributed by atoms with Crippen LogP contribution >= 0.6 is 11.6 Å². The average Bonchev–Trinajstić information content (AvgIpc) is 3.30. The molecule has 0 aliphatic carbocycles. The minimum absolute atomic E-state index is 0.00881. The van der Waals surface area contributed by atoms with Crippen LogP contribution in [0.15, 0.2) is 85.1 Å². The third kappa shape index (κ3) is 4.54. The van der Waals surface area contributed by atoms with Crippen molar-refractivity contribution >= 4 is 28.5 Å². The lowest BCUT2D eigenvalue weighted by atomic mass is 9.94. The predicted molar refractivity (Wildman–Crippen MR) is 132 cm³/mol. The summed E-state index contributed by atoms with van der Waals surface area (Å²) in [5, 5.41) is 9.66. The number of hydrogen-bond acceptors (Lipinski definition) is 5. The number of hydrogen-bond donors (Lipinski definition) is 0. The molecular weight excluding hydrogens is 448 g/mol. The lowest BCUT2D eigenvalue weighted by molar-refractivity contribution is 0.0467. The summed E-state index contributed by atoms with van der Waals surface area (Å²) in [6.45, 7) is 2.41. The molecule has 34 heavy (non-hydrogen) atoms. The minimum Gasteiger partial charge on any atom is -0.455 e. The molecule has 0 aliphatic heterocycles. The fourth-order valence-electron chi connectivity index (χ4n) is 3.98. The highest BCUT2D eigenvalue weighted by atomic mass is 35.5. The van der Waals surface area contributed by atoms with E-state index < -0.39 is 5.97 Å². The van der Waals surface area contributed by atoms with Gasteiger partial charge in [0.2, 0.25) is 0 Å². The quantitative estimate of drug-likeness (QED) is 0.292. The van der Waals surface area contributed by atoms with Crippen LogP contribution in [0.1, 0.15) is 27.3 Å². The lowest BCUT2D eigenvalue weighted by Gasteiger charge is -2.15. The molecule has 6 nitrogen and oxygen atoms in total. The molecule has 5 aromatic rings. The number of carbonyl (C=O) groups is 1. The smallest absolute Gasteiger partial charge is 0.341 e. The monoisotopic (exact) mass is 468 g/mol. The molecule has 0 atom stereocenters. The number of esters is 1. The topological polar surface area (TPSA) is 69.9 Å². The summed E-state index contributed by atoms with van der Waals surface area (Å²) >= 11 is 6.29. The molecular formula is C27H21ClN4O2. The number of fused-ring (bicyclic) bond motifs is 1. The SMILES string of the molecule is Cc1nc2ccc(Cl)cc2c(-c2ccccc2)c1C(=O)OCc1cn(Cc2ccccc2)nn1. The van der Waals surface area contributed by atoms with Crippen molar-refractivity contribution < 1.29 is 9.53 Å². The Kier molecular flexibility index (Phi) is 6.06. The highest BCUT2D eigenvalue weighted by molar-refractivity contribution is 6.31. The highest BCUT2D eigenvalue weighted by Crippen LogP contribution is 2.35. The van der Waals surface area contributed by atoms with E-state index in [0.717, 1.165) is 27.6 Å². The zero-order valence-electron chi connectivity index (χ0n) is 18.5. The van der Waals surface area contributed by atoms with Crippen molar-refractivity contribution in [2.45, 2.75) is 20.1 Å². The van der Waals surface area contributed by atoms with E-state index in [4.69, 9.17) is 16.3 Å². The van der Waals surface area contributed by atoms with Crippen LogP contribution in [0.4, 0.5) is 0 Å². The van der Waals surface area contributed by atoms with E-state index in [-0.39, 0.29) is 6.61 Å². The van der Waals surface area contributed by atoms with Crippen molar-refractivity contribution in [1.82, 2.24) is 20.0 Å². The minimum atomic E-state index is -0.469. The first-order valence-electron chi connectivity index (χ1n) is 10.8. The van der Waals surface area contributed by atoms with E-state index in [2.05, 4.69) is 15.3 Å². The maximum absolute atomic E-state index is 13.3. The Morgan fingerprint density at radius 3 is 2.50 bits per heavy atom. The second kappa shape index (κ2) is 9.45. The van der Waals surface area contributed by atoms with Gasteiger partial charge in [0.15, 0.2) is 0 Å². The third-order valence-electron chi connectivity index (χ3n) is 5.52. The number of aromatic nitrogens is 4. The second-order valence-electron chi connectivity index (χ2n) is 7.94. The molecule has 2 heterocycles. The number of halogens is 1. The van der Waals surface area contributed by atoms with Crippen LogP contribution in [0.2, 0.25) is 5.02 Å². The number of rotatable bonds is 6. The Hall–Kier alpha value is -4.03. The van der Waals surface area contributed by atoms with Gasteiger partial charge in [-0.25, -0.2) is 9.48 Å². The van der Waals surface area contributed by atoms with Gasteiger partial charge in [-0.3, -0.25) is 4.98 Å². The number of benzene rings is 3. The zero-order chi connectivity index (χ0) is 23.5. The van der Waals surface area contributed by atoms with Crippen molar-refractivity contribution in [2.24, 2.45) is 0 Å². The summed E-state index contributed by atoms with van der Waals surface area (Å²) in [7, 11) is 0. The first kappa shape index (κ1) is 21.8. The van der Waals surface area contributed by atoms with Crippen molar-refractivity contribution in [2.75, 3.05) is 0 Å². The summed E-state index contributed by atoms with van der Waals surface area (Å²) in [6.07, 6.45) is 1.78. The van der Waals surface area contributed by atoms with Crippen molar-refractivity contribution in [3.05, 3.63) is 113 Å². The Labute approximate surface area is 201 Å². The number of ether oxygens (including phenoxy) is 1. The maximum atomic E-state index is 13.3. The Balaban J connectivity index is 1.44. The number of pyridine rings is 1. The summed E-state index contributed by atoms with van der Waals surface area (Å²) in [6, 6.07) is 25.2. The van der Waals surface area contributed by atoms with Crippen LogP contribution in [-0.4, -0.2) is 25.9 Å². The van der Waals surface area contributed by atoms with E-state index in [1.54, 1.807) is 16.9 Å². The normalized spacial score (nSPS) is 11.0. The summed E-state index contributed by atoms with van der Waals surface area (Å²) in [4.78, 5) is 17.9. The molecule has 0 fully saturated rings. The molecule has 168 valence electrons. The van der Waals surface area contributed by atoms with Crippen LogP contribution in [0.3, 0.4) is 0 Å². The third-order valence-corrected chi connectivity index (χ3v) is 5.75. The van der Waals surface area contributed by atoms with E-state index in [9.17, 15) is 4.79 Å². The first-order valence-corrected chi connectivity index (χ1v) is 11.2. The van der Waals surface area contributed by atoms with Crippen LogP contribution < -0.4 is 0 Å². The fraction of sp³-hybridized carbons (Fsp3) is 0.111. The highest BCUT2D eigenvalue weighted by Gasteiger charge is 2.22. The van der Waals surface area contributed by atoms with Gasteiger partial charge in [-0.1, -0.05) is 77.5 Å². The largest absolute Gasteiger partial charge is 0.455 e. The molecule has 0 unspecified atom stereocenters. The zero-order valence-corrected chi connectivity index (χ0v) is 19.2. The summed E-state index contributed by atoms with van der Waals surface area (Å²) in [5.41, 5.74) is 5.09. The molecule has 0 saturated heterocycles. The van der Waals surface area contributed by atoms with Crippen molar-refractivity contribution in [3.63, 3.8) is 0 Å². The number of aryl methyl sites for hydroxylation is 1. The van der Waals surface area contributed by atoms with Gasteiger partial charge < -0.3 is 4.74 Å². The predicted octanol–water partition coefficient (Wildman–Crippen LogP) is 5.86. The maximum Gasteiger partial charge on any atom is 0.341 e. The van der Waals surface area contributed by atoms with E-state index >= 15 is 0 Å². The van der Waals surface area contributed by atoms with Crippen LogP contribution in [0.5, 0.6) is 0 Å². The Bertz CT molecular complexity index is 1470. The molecule has 0 N–H and O–H groups in total. The summed E-state index contributed by atoms with van der Waals surface area (Å²) in [5.74, 6) is -0.469. The lowest BCUT2D eigenvalue weighted by Crippen LogP contribution is -2.11. The molecule has 0 bridgehead atoms. The molecule has 0 amide bonds. The Morgan fingerprint density at radius 2 is 1.74 bits per heavy atom. The van der Waals surface area contributed by atoms with Crippen LogP contribution in [-0.2, 0) is 17.9 Å². The molecule has 0 spiro atoms. The molecule has 2 aromatic heterocycles. The van der Waals surface area contributed by atoms with E-state index in [1.165, 1.54) is 0 Å². The molecule has 0 radical (unpaired) electrons. The number of nitrogens with zero attached hydrogens (tertiary/aromatic N) is 4. The van der Waals surface area contributed by atoms with Gasteiger partial charge in [0.25, 0.3) is 0 Å². The van der Waals surface area contributed by atoms with Crippen LogP contribution in [0.25, 0.3) is 22.0 Å². The Morgan fingerprint density at radius 1 is 1.00 bits per heavy atom. The van der Waals surface area contributed by atoms with Gasteiger partial charge in [0, 0.05) is 16.0 Å². The van der Waals surface area contributed by atoms with Gasteiger partial charge in [-0.15, -0.1) is 5.10 Å². The van der Waals surface area contributed by atoms with Crippen LogP contribution in [0, 0.1) is 6.92 Å². The molecule has 3 aromatic carbocycles. The number of carbonyl (C=O) groups excluding carboxylic acids is 1. The van der Waals surface area contributed by atoms with Gasteiger partial charge in [-0.2, -0.15) is 0 Å². The van der Waals surface area contributed by atoms with Gasteiger partial charge in [0.05, 0.1) is 29.5 Å². The summed E-state index contributed by atoms with van der Waals surface area (Å²) < 4.78 is 7.39. The van der Waals surface area contributed by atoms with Gasteiger partial charge >= 0.3 is 5.97 Å².